The van der Waals surface area contributed by atoms with Gasteiger partial charge in [-0.2, -0.15) is 11.8 Å². The summed E-state index contributed by atoms with van der Waals surface area (Å²) in [6.07, 6.45) is 7.02. The summed E-state index contributed by atoms with van der Waals surface area (Å²) >= 11 is 2.00. The second kappa shape index (κ2) is 8.48. The molecule has 1 unspecified atom stereocenters. The van der Waals surface area contributed by atoms with Gasteiger partial charge in [0.2, 0.25) is 0 Å². The number of nitrogens with one attached hydrogen (secondary N) is 1. The molecule has 1 aromatic rings. The van der Waals surface area contributed by atoms with E-state index in [1.54, 1.807) is 6.26 Å². The maximum absolute atomic E-state index is 5.20. The largest absolute Gasteiger partial charge is 0.465 e. The average Bonchev–Trinajstić information content (AvgIpc) is 2.78. The Balaban J connectivity index is 2.06. The average molecular weight is 239 g/mol. The molecule has 0 aromatic carbocycles. The molecule has 0 aliphatic carbocycles. The first kappa shape index (κ1) is 13.4. The highest BCUT2D eigenvalue weighted by atomic mass is 32.2. The van der Waals surface area contributed by atoms with Gasteiger partial charge in [0.05, 0.1) is 6.26 Å². The van der Waals surface area contributed by atoms with Crippen molar-refractivity contribution in [2.45, 2.75) is 26.3 Å². The molecule has 0 fully saturated rings. The summed E-state index contributed by atoms with van der Waals surface area (Å²) in [6, 6.07) is 4.44. The van der Waals surface area contributed by atoms with Crippen molar-refractivity contribution in [1.29, 1.82) is 0 Å². The first-order valence-corrected chi connectivity index (χ1v) is 6.99. The van der Waals surface area contributed by atoms with Gasteiger partial charge in [-0.25, -0.2) is 0 Å². The van der Waals surface area contributed by atoms with Crippen LogP contribution in [0.15, 0.2) is 28.9 Å². The fraction of sp³-hybridized carbons (Fsp3) is 0.538. The molecule has 0 amide bonds. The van der Waals surface area contributed by atoms with Crippen LogP contribution in [0.4, 0.5) is 0 Å². The van der Waals surface area contributed by atoms with Crippen LogP contribution in [0.1, 0.15) is 26.0 Å². The van der Waals surface area contributed by atoms with Crippen molar-refractivity contribution in [3.05, 3.63) is 30.2 Å². The second-order valence-corrected chi connectivity index (χ2v) is 5.11. The van der Waals surface area contributed by atoms with E-state index in [0.29, 0.717) is 6.04 Å². The molecule has 0 radical (unpaired) electrons. The molecule has 90 valence electrons. The van der Waals surface area contributed by atoms with Crippen LogP contribution in [-0.4, -0.2) is 24.1 Å². The van der Waals surface area contributed by atoms with Crippen LogP contribution in [0.2, 0.25) is 0 Å². The minimum atomic E-state index is 0.584. The number of furan rings is 1. The molecule has 2 nitrogen and oxygen atoms in total. The van der Waals surface area contributed by atoms with Crippen LogP contribution >= 0.6 is 11.8 Å². The lowest BCUT2D eigenvalue weighted by Gasteiger charge is -2.11. The number of hydrogen-bond acceptors (Lipinski definition) is 3. The van der Waals surface area contributed by atoms with E-state index in [0.717, 1.165) is 12.3 Å². The monoisotopic (exact) mass is 239 g/mol. The van der Waals surface area contributed by atoms with Gasteiger partial charge in [-0.15, -0.1) is 0 Å². The zero-order chi connectivity index (χ0) is 11.6. The minimum Gasteiger partial charge on any atom is -0.465 e. The summed E-state index contributed by atoms with van der Waals surface area (Å²) in [5, 5.41) is 3.46. The van der Waals surface area contributed by atoms with E-state index in [1.807, 2.05) is 30.0 Å². The first-order chi connectivity index (χ1) is 7.83. The van der Waals surface area contributed by atoms with E-state index in [1.165, 1.54) is 17.9 Å². The van der Waals surface area contributed by atoms with Gasteiger partial charge in [0.15, 0.2) is 0 Å². The van der Waals surface area contributed by atoms with Crippen LogP contribution in [0, 0.1) is 0 Å². The van der Waals surface area contributed by atoms with Crippen LogP contribution < -0.4 is 5.32 Å². The molecular formula is C13H21NOS. The maximum Gasteiger partial charge on any atom is 0.126 e. The minimum absolute atomic E-state index is 0.584. The van der Waals surface area contributed by atoms with Gasteiger partial charge in [0.25, 0.3) is 0 Å². The maximum atomic E-state index is 5.20. The Bertz CT molecular complexity index is 282. The predicted molar refractivity (Wildman–Crippen MR) is 72.8 cm³/mol. The number of hydrogen-bond donors (Lipinski definition) is 1. The smallest absolute Gasteiger partial charge is 0.126 e. The van der Waals surface area contributed by atoms with Crippen molar-refractivity contribution < 1.29 is 4.42 Å². The molecule has 1 atom stereocenters. The summed E-state index contributed by atoms with van der Waals surface area (Å²) in [7, 11) is 0. The van der Waals surface area contributed by atoms with Gasteiger partial charge in [-0.1, -0.05) is 13.0 Å². The predicted octanol–water partition coefficient (Wildman–Crippen LogP) is 3.41. The van der Waals surface area contributed by atoms with Crippen molar-refractivity contribution in [2.24, 2.45) is 0 Å². The lowest BCUT2D eigenvalue weighted by Crippen LogP contribution is -2.26. The van der Waals surface area contributed by atoms with Gasteiger partial charge >= 0.3 is 0 Å². The molecule has 0 aliphatic heterocycles. The Morgan fingerprint density at radius 1 is 1.56 bits per heavy atom. The third-order valence-electron chi connectivity index (χ3n) is 2.31. The molecule has 0 aliphatic rings. The molecule has 1 aromatic heterocycles. The molecule has 1 N–H and O–H groups in total. The highest BCUT2D eigenvalue weighted by Crippen LogP contribution is 2.04. The van der Waals surface area contributed by atoms with E-state index in [-0.39, 0.29) is 0 Å². The molecule has 1 rings (SSSR count). The van der Waals surface area contributed by atoms with E-state index >= 15 is 0 Å². The lowest BCUT2D eigenvalue weighted by atomic mass is 10.2. The molecule has 3 heteroatoms. The Hall–Kier alpha value is -0.670. The standard InChI is InChI=1S/C13H21NOS/c1-3-16-11-8-12(2)14-9-4-6-13-7-5-10-15-13/h4-7,10,12,14H,3,8-9,11H2,1-2H3/b6-4+. The summed E-state index contributed by atoms with van der Waals surface area (Å²) in [5.74, 6) is 3.37. The normalized spacial score (nSPS) is 13.4. The van der Waals surface area contributed by atoms with Crippen molar-refractivity contribution >= 4 is 17.8 Å². The van der Waals surface area contributed by atoms with Crippen molar-refractivity contribution in [3.8, 4) is 0 Å². The summed E-state index contributed by atoms with van der Waals surface area (Å²) in [4.78, 5) is 0. The molecular weight excluding hydrogens is 218 g/mol. The number of rotatable bonds is 8. The van der Waals surface area contributed by atoms with Crippen LogP contribution in [0.3, 0.4) is 0 Å². The highest BCUT2D eigenvalue weighted by Gasteiger charge is 1.98. The Labute approximate surface area is 102 Å². The number of thioether (sulfide) groups is 1. The van der Waals surface area contributed by atoms with Gasteiger partial charge < -0.3 is 9.73 Å². The highest BCUT2D eigenvalue weighted by molar-refractivity contribution is 7.99. The van der Waals surface area contributed by atoms with Gasteiger partial charge in [0, 0.05) is 12.6 Å². The SMILES string of the molecule is CCSCCC(C)NC/C=C/c1ccco1. The van der Waals surface area contributed by atoms with E-state index in [9.17, 15) is 0 Å². The fourth-order valence-corrected chi connectivity index (χ4v) is 2.15. The molecule has 0 bridgehead atoms. The third kappa shape index (κ3) is 6.03. The zero-order valence-corrected chi connectivity index (χ0v) is 10.9. The first-order valence-electron chi connectivity index (χ1n) is 5.84. The van der Waals surface area contributed by atoms with Crippen LogP contribution in [0.25, 0.3) is 6.08 Å². The zero-order valence-electron chi connectivity index (χ0n) is 10.1. The molecule has 0 spiro atoms. The Morgan fingerprint density at radius 3 is 3.12 bits per heavy atom. The van der Waals surface area contributed by atoms with Crippen molar-refractivity contribution in [3.63, 3.8) is 0 Å². The Kier molecular flexibility index (Phi) is 7.10. The van der Waals surface area contributed by atoms with E-state index < -0.39 is 0 Å². The molecule has 0 saturated carbocycles. The molecule has 0 saturated heterocycles. The fourth-order valence-electron chi connectivity index (χ4n) is 1.34. The van der Waals surface area contributed by atoms with Gasteiger partial charge in [-0.05, 0) is 43.1 Å². The van der Waals surface area contributed by atoms with Crippen molar-refractivity contribution in [1.82, 2.24) is 5.32 Å². The van der Waals surface area contributed by atoms with Crippen LogP contribution in [0.5, 0.6) is 0 Å². The third-order valence-corrected chi connectivity index (χ3v) is 3.24. The second-order valence-electron chi connectivity index (χ2n) is 3.71. The van der Waals surface area contributed by atoms with E-state index in [4.69, 9.17) is 4.42 Å². The topological polar surface area (TPSA) is 25.2 Å². The summed E-state index contributed by atoms with van der Waals surface area (Å²) < 4.78 is 5.20. The van der Waals surface area contributed by atoms with E-state index in [2.05, 4.69) is 25.2 Å². The molecule has 1 heterocycles. The summed E-state index contributed by atoms with van der Waals surface area (Å²) in [5.41, 5.74) is 0. The van der Waals surface area contributed by atoms with Gasteiger partial charge in [0.1, 0.15) is 5.76 Å². The molecule has 16 heavy (non-hydrogen) atoms. The summed E-state index contributed by atoms with van der Waals surface area (Å²) in [6.45, 7) is 5.34. The quantitative estimate of drug-likeness (QED) is 0.704. The van der Waals surface area contributed by atoms with Crippen LogP contribution in [-0.2, 0) is 0 Å². The lowest BCUT2D eigenvalue weighted by molar-refractivity contribution is 0.555. The van der Waals surface area contributed by atoms with Crippen molar-refractivity contribution in [2.75, 3.05) is 18.1 Å². The van der Waals surface area contributed by atoms with Gasteiger partial charge in [-0.3, -0.25) is 0 Å². The Morgan fingerprint density at radius 2 is 2.44 bits per heavy atom.